The Morgan fingerprint density at radius 2 is 2.08 bits per heavy atom. The summed E-state index contributed by atoms with van der Waals surface area (Å²) in [5.74, 6) is 0.725. The van der Waals surface area contributed by atoms with Crippen LogP contribution in [0.15, 0.2) is 0 Å². The van der Waals surface area contributed by atoms with Crippen molar-refractivity contribution in [3.8, 4) is 0 Å². The van der Waals surface area contributed by atoms with Gasteiger partial charge in [0.05, 0.1) is 12.2 Å². The van der Waals surface area contributed by atoms with Crippen LogP contribution in [0.1, 0.15) is 39.5 Å². The maximum atomic E-state index is 5.81. The van der Waals surface area contributed by atoms with Gasteiger partial charge < -0.3 is 9.47 Å². The molecule has 0 aromatic rings. The van der Waals surface area contributed by atoms with Gasteiger partial charge >= 0.3 is 0 Å². The van der Waals surface area contributed by atoms with Gasteiger partial charge in [-0.3, -0.25) is 0 Å². The van der Waals surface area contributed by atoms with Crippen LogP contribution in [0, 0.1) is 5.92 Å². The molecule has 0 heterocycles. The standard InChI is InChI=1S/C11H22O2/c1-9(2)13-11-6-4-5-10(7-11)8-12-3/h9-11H,4-8H2,1-3H3. The van der Waals surface area contributed by atoms with Gasteiger partial charge in [-0.05, 0) is 39.0 Å². The maximum absolute atomic E-state index is 5.81. The van der Waals surface area contributed by atoms with E-state index in [1.54, 1.807) is 7.11 Å². The van der Waals surface area contributed by atoms with Gasteiger partial charge in [-0.25, -0.2) is 0 Å². The van der Waals surface area contributed by atoms with E-state index < -0.39 is 0 Å². The third-order valence-corrected chi connectivity index (χ3v) is 2.60. The first-order valence-electron chi connectivity index (χ1n) is 5.36. The third-order valence-electron chi connectivity index (χ3n) is 2.60. The summed E-state index contributed by atoms with van der Waals surface area (Å²) in [6.45, 7) is 5.12. The molecule has 1 rings (SSSR count). The number of ether oxygens (including phenoxy) is 2. The van der Waals surface area contributed by atoms with E-state index in [4.69, 9.17) is 9.47 Å². The Morgan fingerprint density at radius 3 is 2.69 bits per heavy atom. The lowest BCUT2D eigenvalue weighted by atomic mass is 9.88. The predicted molar refractivity (Wildman–Crippen MR) is 53.8 cm³/mol. The van der Waals surface area contributed by atoms with Gasteiger partial charge in [-0.15, -0.1) is 0 Å². The average molecular weight is 186 g/mol. The molecule has 1 fully saturated rings. The molecule has 2 nitrogen and oxygen atoms in total. The summed E-state index contributed by atoms with van der Waals surface area (Å²) >= 11 is 0. The molecule has 78 valence electrons. The molecule has 2 heteroatoms. The molecule has 2 unspecified atom stereocenters. The second-order valence-electron chi connectivity index (χ2n) is 4.29. The van der Waals surface area contributed by atoms with E-state index >= 15 is 0 Å². The van der Waals surface area contributed by atoms with Crippen LogP contribution in [0.5, 0.6) is 0 Å². The number of methoxy groups -OCH3 is 1. The molecule has 0 N–H and O–H groups in total. The highest BCUT2D eigenvalue weighted by molar-refractivity contribution is 4.73. The quantitative estimate of drug-likeness (QED) is 0.672. The van der Waals surface area contributed by atoms with Gasteiger partial charge in [0.25, 0.3) is 0 Å². The summed E-state index contributed by atoms with van der Waals surface area (Å²) in [7, 11) is 1.78. The summed E-state index contributed by atoms with van der Waals surface area (Å²) in [5.41, 5.74) is 0. The smallest absolute Gasteiger partial charge is 0.0582 e. The lowest BCUT2D eigenvalue weighted by molar-refractivity contribution is -0.0328. The van der Waals surface area contributed by atoms with Crippen molar-refractivity contribution in [2.24, 2.45) is 5.92 Å². The van der Waals surface area contributed by atoms with Crippen molar-refractivity contribution in [2.45, 2.75) is 51.7 Å². The van der Waals surface area contributed by atoms with E-state index in [1.165, 1.54) is 25.7 Å². The van der Waals surface area contributed by atoms with Gasteiger partial charge in [0.15, 0.2) is 0 Å². The summed E-state index contributed by atoms with van der Waals surface area (Å²) < 4.78 is 11.0. The molecule has 13 heavy (non-hydrogen) atoms. The zero-order valence-electron chi connectivity index (χ0n) is 9.08. The molecule has 1 aliphatic carbocycles. The van der Waals surface area contributed by atoms with Crippen LogP contribution in [-0.2, 0) is 9.47 Å². The molecule has 0 aromatic carbocycles. The van der Waals surface area contributed by atoms with Gasteiger partial charge in [-0.1, -0.05) is 6.42 Å². The molecule has 0 aliphatic heterocycles. The fourth-order valence-electron chi connectivity index (χ4n) is 2.14. The van der Waals surface area contributed by atoms with Gasteiger partial charge in [0.1, 0.15) is 0 Å². The van der Waals surface area contributed by atoms with E-state index in [-0.39, 0.29) is 0 Å². The van der Waals surface area contributed by atoms with Gasteiger partial charge in [-0.2, -0.15) is 0 Å². The van der Waals surface area contributed by atoms with Crippen molar-refractivity contribution in [2.75, 3.05) is 13.7 Å². The van der Waals surface area contributed by atoms with E-state index in [1.807, 2.05) is 0 Å². The van der Waals surface area contributed by atoms with Crippen LogP contribution < -0.4 is 0 Å². The normalized spacial score (nSPS) is 29.5. The Labute approximate surface area is 81.6 Å². The summed E-state index contributed by atoms with van der Waals surface area (Å²) in [4.78, 5) is 0. The molecule has 0 spiro atoms. The van der Waals surface area contributed by atoms with Crippen molar-refractivity contribution in [3.05, 3.63) is 0 Å². The third kappa shape index (κ3) is 4.10. The highest BCUT2D eigenvalue weighted by atomic mass is 16.5. The highest BCUT2D eigenvalue weighted by Crippen LogP contribution is 2.27. The van der Waals surface area contributed by atoms with E-state index in [0.29, 0.717) is 12.2 Å². The Morgan fingerprint density at radius 1 is 1.31 bits per heavy atom. The van der Waals surface area contributed by atoms with Gasteiger partial charge in [0, 0.05) is 13.7 Å². The number of hydrogen-bond donors (Lipinski definition) is 0. The van der Waals surface area contributed by atoms with E-state index in [2.05, 4.69) is 13.8 Å². The Hall–Kier alpha value is -0.0800. The number of rotatable bonds is 4. The second-order valence-corrected chi connectivity index (χ2v) is 4.29. The molecule has 0 aromatic heterocycles. The van der Waals surface area contributed by atoms with Crippen molar-refractivity contribution < 1.29 is 9.47 Å². The minimum absolute atomic E-state index is 0.367. The van der Waals surface area contributed by atoms with Crippen LogP contribution in [0.2, 0.25) is 0 Å². The van der Waals surface area contributed by atoms with Crippen LogP contribution in [0.25, 0.3) is 0 Å². The highest BCUT2D eigenvalue weighted by Gasteiger charge is 2.22. The molecule has 0 saturated heterocycles. The van der Waals surface area contributed by atoms with Crippen molar-refractivity contribution in [1.29, 1.82) is 0 Å². The Balaban J connectivity index is 2.24. The van der Waals surface area contributed by atoms with Crippen LogP contribution in [0.3, 0.4) is 0 Å². The summed E-state index contributed by atoms with van der Waals surface area (Å²) in [6.07, 6.45) is 5.88. The topological polar surface area (TPSA) is 18.5 Å². The average Bonchev–Trinajstić information content (AvgIpc) is 2.04. The molecular weight excluding hydrogens is 164 g/mol. The second kappa shape index (κ2) is 5.61. The predicted octanol–water partition coefficient (Wildman–Crippen LogP) is 2.62. The Bertz CT molecular complexity index is 132. The molecule has 0 amide bonds. The molecule has 0 radical (unpaired) electrons. The van der Waals surface area contributed by atoms with Crippen LogP contribution in [0.4, 0.5) is 0 Å². The first kappa shape index (κ1) is 11.0. The van der Waals surface area contributed by atoms with Crippen molar-refractivity contribution in [3.63, 3.8) is 0 Å². The Kier molecular flexibility index (Phi) is 4.74. The minimum atomic E-state index is 0.367. The fourth-order valence-corrected chi connectivity index (χ4v) is 2.14. The zero-order valence-corrected chi connectivity index (χ0v) is 9.08. The molecule has 0 bridgehead atoms. The van der Waals surface area contributed by atoms with Crippen molar-refractivity contribution >= 4 is 0 Å². The first-order chi connectivity index (χ1) is 6.22. The molecule has 2 atom stereocenters. The summed E-state index contributed by atoms with van der Waals surface area (Å²) in [6, 6.07) is 0. The first-order valence-corrected chi connectivity index (χ1v) is 5.36. The maximum Gasteiger partial charge on any atom is 0.0582 e. The van der Waals surface area contributed by atoms with Crippen LogP contribution >= 0.6 is 0 Å². The number of hydrogen-bond acceptors (Lipinski definition) is 2. The van der Waals surface area contributed by atoms with Crippen LogP contribution in [-0.4, -0.2) is 25.9 Å². The lowest BCUT2D eigenvalue weighted by Gasteiger charge is -2.29. The molecule has 1 aliphatic rings. The van der Waals surface area contributed by atoms with Gasteiger partial charge in [0.2, 0.25) is 0 Å². The fraction of sp³-hybridized carbons (Fsp3) is 1.00. The SMILES string of the molecule is COCC1CCCC(OC(C)C)C1. The van der Waals surface area contributed by atoms with Crippen molar-refractivity contribution in [1.82, 2.24) is 0 Å². The monoisotopic (exact) mass is 186 g/mol. The van der Waals surface area contributed by atoms with E-state index in [0.717, 1.165) is 12.5 Å². The summed E-state index contributed by atoms with van der Waals surface area (Å²) in [5, 5.41) is 0. The lowest BCUT2D eigenvalue weighted by Crippen LogP contribution is -2.27. The zero-order chi connectivity index (χ0) is 9.68. The minimum Gasteiger partial charge on any atom is -0.384 e. The molecule has 1 saturated carbocycles. The largest absolute Gasteiger partial charge is 0.384 e. The molecular formula is C11H22O2. The van der Waals surface area contributed by atoms with E-state index in [9.17, 15) is 0 Å².